The molecule has 31 heavy (non-hydrogen) atoms. The second-order valence-electron chi connectivity index (χ2n) is 6.84. The summed E-state index contributed by atoms with van der Waals surface area (Å²) in [5.41, 5.74) is 4.51. The number of ether oxygens (including phenoxy) is 2. The van der Waals surface area contributed by atoms with E-state index in [1.807, 2.05) is 13.0 Å². The molecule has 6 nitrogen and oxygen atoms in total. The molecule has 0 spiro atoms. The number of allylic oxidation sites excluding steroid dienone is 8. The molecule has 1 heterocycles. The average Bonchev–Trinajstić information content (AvgIpc) is 3.01. The Labute approximate surface area is 184 Å². The van der Waals surface area contributed by atoms with Gasteiger partial charge in [-0.05, 0) is 47.9 Å². The van der Waals surface area contributed by atoms with Crippen LogP contribution in [0.4, 0.5) is 13.2 Å². The molecule has 1 N–H and O–H groups in total. The van der Waals surface area contributed by atoms with Gasteiger partial charge in [-0.1, -0.05) is 32.1 Å². The van der Waals surface area contributed by atoms with E-state index in [9.17, 15) is 13.2 Å². The summed E-state index contributed by atoms with van der Waals surface area (Å²) in [7, 11) is 1.73. The largest absolute Gasteiger partial charge is 0.573 e. The van der Waals surface area contributed by atoms with Crippen LogP contribution in [0, 0.1) is 0 Å². The molecule has 0 unspecified atom stereocenters. The van der Waals surface area contributed by atoms with Gasteiger partial charge in [0.2, 0.25) is 5.90 Å². The van der Waals surface area contributed by atoms with Gasteiger partial charge in [0, 0.05) is 12.3 Å². The van der Waals surface area contributed by atoms with Gasteiger partial charge >= 0.3 is 6.36 Å². The van der Waals surface area contributed by atoms with Crippen molar-refractivity contribution in [3.8, 4) is 0 Å². The molecule has 0 saturated heterocycles. The lowest BCUT2D eigenvalue weighted by Gasteiger charge is -2.09. The van der Waals surface area contributed by atoms with Crippen LogP contribution in [-0.2, 0) is 14.3 Å². The number of thioether (sulfide) groups is 1. The van der Waals surface area contributed by atoms with Crippen LogP contribution in [0.25, 0.3) is 0 Å². The molecule has 0 radical (unpaired) electrons. The maximum absolute atomic E-state index is 12.4. The Balaban J connectivity index is 1.92. The molecule has 0 fully saturated rings. The Morgan fingerprint density at radius 2 is 2.16 bits per heavy atom. The number of hydrazone groups is 1. The fourth-order valence-electron chi connectivity index (χ4n) is 2.55. The smallest absolute Gasteiger partial charge is 0.471 e. The van der Waals surface area contributed by atoms with Crippen LogP contribution in [0.3, 0.4) is 0 Å². The molecule has 2 rings (SSSR count). The SMILES string of the molecule is CN/N=C(/COC1=NO/C(=C/C=C(\C)C2=CC=C(OC(F)(F)F)C=CC2)C1)SC(C)C. The molecule has 1 aliphatic heterocycles. The summed E-state index contributed by atoms with van der Waals surface area (Å²) in [6, 6.07) is 0. The molecule has 0 aromatic carbocycles. The molecule has 0 aromatic rings. The molecule has 2 aliphatic rings. The van der Waals surface area contributed by atoms with Crippen molar-refractivity contribution in [2.45, 2.75) is 45.2 Å². The van der Waals surface area contributed by atoms with E-state index in [0.717, 1.165) is 16.2 Å². The molecular formula is C21H26F3N3O3S. The number of alkyl halides is 3. The molecule has 0 atom stereocenters. The van der Waals surface area contributed by atoms with Gasteiger partial charge in [-0.15, -0.1) is 24.9 Å². The van der Waals surface area contributed by atoms with Gasteiger partial charge in [-0.3, -0.25) is 0 Å². The first-order valence-electron chi connectivity index (χ1n) is 9.64. The van der Waals surface area contributed by atoms with Crippen molar-refractivity contribution in [3.63, 3.8) is 0 Å². The van der Waals surface area contributed by atoms with Gasteiger partial charge in [-0.25, -0.2) is 0 Å². The summed E-state index contributed by atoms with van der Waals surface area (Å²) >= 11 is 1.60. The summed E-state index contributed by atoms with van der Waals surface area (Å²) in [6.07, 6.45) is 5.64. The van der Waals surface area contributed by atoms with Crippen LogP contribution in [0.5, 0.6) is 0 Å². The van der Waals surface area contributed by atoms with E-state index in [2.05, 4.69) is 34.3 Å². The van der Waals surface area contributed by atoms with E-state index < -0.39 is 6.36 Å². The Hall–Kier alpha value is -2.62. The quantitative estimate of drug-likeness (QED) is 0.309. The van der Waals surface area contributed by atoms with Crippen molar-refractivity contribution in [3.05, 3.63) is 59.1 Å². The first kappa shape index (κ1) is 24.6. The highest BCUT2D eigenvalue weighted by Gasteiger charge is 2.31. The van der Waals surface area contributed by atoms with E-state index in [4.69, 9.17) is 9.57 Å². The number of hydrogen-bond acceptors (Lipinski definition) is 7. The Morgan fingerprint density at radius 3 is 2.84 bits per heavy atom. The third-order valence-electron chi connectivity index (χ3n) is 3.89. The van der Waals surface area contributed by atoms with Crippen LogP contribution < -0.4 is 5.43 Å². The fraction of sp³-hybridized carbons (Fsp3) is 0.429. The lowest BCUT2D eigenvalue weighted by atomic mass is 10.0. The normalized spacial score (nSPS) is 19.0. The summed E-state index contributed by atoms with van der Waals surface area (Å²) < 4.78 is 46.7. The lowest BCUT2D eigenvalue weighted by Crippen LogP contribution is -2.14. The Kier molecular flexibility index (Phi) is 9.29. The van der Waals surface area contributed by atoms with Gasteiger partial charge in [-0.2, -0.15) is 5.10 Å². The highest BCUT2D eigenvalue weighted by molar-refractivity contribution is 8.14. The van der Waals surface area contributed by atoms with Gasteiger partial charge in [0.05, 0.1) is 6.42 Å². The van der Waals surface area contributed by atoms with Gasteiger partial charge in [0.25, 0.3) is 0 Å². The summed E-state index contributed by atoms with van der Waals surface area (Å²) in [6.45, 7) is 6.31. The van der Waals surface area contributed by atoms with Crippen molar-refractivity contribution in [2.24, 2.45) is 10.3 Å². The number of nitrogens with one attached hydrogen (secondary N) is 1. The number of halogens is 3. The van der Waals surface area contributed by atoms with Gasteiger partial charge < -0.3 is 19.7 Å². The van der Waals surface area contributed by atoms with E-state index in [0.29, 0.717) is 36.4 Å². The standard InChI is InChI=1S/C21H26F3N3O3S/c1-14(2)31-20(26-25-4)13-28-19-12-18(30-27-19)10-8-15(3)16-6-5-7-17(11-9-16)29-21(22,23)24/h5,7-11,14,25H,6,12-13H2,1-4H3/b15-8+,18-10+,26-20-. The molecule has 0 bridgehead atoms. The number of oxime groups is 1. The average molecular weight is 458 g/mol. The van der Waals surface area contributed by atoms with E-state index in [1.54, 1.807) is 37.0 Å². The topological polar surface area (TPSA) is 64.4 Å². The predicted octanol–water partition coefficient (Wildman–Crippen LogP) is 5.55. The molecule has 0 amide bonds. The first-order chi connectivity index (χ1) is 14.7. The van der Waals surface area contributed by atoms with E-state index >= 15 is 0 Å². The summed E-state index contributed by atoms with van der Waals surface area (Å²) in [5.74, 6) is 0.818. The van der Waals surface area contributed by atoms with Crippen molar-refractivity contribution in [2.75, 3.05) is 13.7 Å². The van der Waals surface area contributed by atoms with Crippen LogP contribution in [0.15, 0.2) is 69.4 Å². The zero-order valence-corrected chi connectivity index (χ0v) is 18.6. The first-order valence-corrected chi connectivity index (χ1v) is 10.5. The highest BCUT2D eigenvalue weighted by atomic mass is 32.2. The minimum Gasteiger partial charge on any atom is -0.471 e. The maximum Gasteiger partial charge on any atom is 0.573 e. The third kappa shape index (κ3) is 9.37. The second kappa shape index (κ2) is 11.7. The van der Waals surface area contributed by atoms with Crippen LogP contribution >= 0.6 is 11.8 Å². The van der Waals surface area contributed by atoms with Crippen molar-refractivity contribution >= 4 is 22.7 Å². The van der Waals surface area contributed by atoms with Gasteiger partial charge in [0.15, 0.2) is 0 Å². The summed E-state index contributed by atoms with van der Waals surface area (Å²) in [5, 5.41) is 9.30. The molecule has 0 saturated carbocycles. The molecule has 10 heteroatoms. The van der Waals surface area contributed by atoms with Crippen molar-refractivity contribution in [1.82, 2.24) is 5.43 Å². The minimum absolute atomic E-state index is 0.250. The molecular weight excluding hydrogens is 431 g/mol. The molecule has 170 valence electrons. The maximum atomic E-state index is 12.4. The van der Waals surface area contributed by atoms with E-state index in [-0.39, 0.29) is 5.76 Å². The van der Waals surface area contributed by atoms with E-state index in [1.165, 1.54) is 12.2 Å². The van der Waals surface area contributed by atoms with Crippen LogP contribution in [0.1, 0.15) is 33.6 Å². The molecule has 1 aliphatic carbocycles. The molecule has 0 aromatic heterocycles. The monoisotopic (exact) mass is 457 g/mol. The van der Waals surface area contributed by atoms with Crippen LogP contribution in [-0.4, -0.2) is 36.2 Å². The Morgan fingerprint density at radius 1 is 1.39 bits per heavy atom. The zero-order chi connectivity index (χ0) is 22.9. The highest BCUT2D eigenvalue weighted by Crippen LogP contribution is 2.25. The Bertz CT molecular complexity index is 854. The lowest BCUT2D eigenvalue weighted by molar-refractivity contribution is -0.303. The van der Waals surface area contributed by atoms with Crippen molar-refractivity contribution in [1.29, 1.82) is 0 Å². The third-order valence-corrected chi connectivity index (χ3v) is 4.84. The number of hydrogen-bond donors (Lipinski definition) is 1. The second-order valence-corrected chi connectivity index (χ2v) is 8.49. The predicted molar refractivity (Wildman–Crippen MR) is 117 cm³/mol. The number of nitrogens with zero attached hydrogens (tertiary/aromatic N) is 2. The summed E-state index contributed by atoms with van der Waals surface area (Å²) in [4.78, 5) is 5.30. The number of rotatable bonds is 7. The minimum atomic E-state index is -4.71. The fourth-order valence-corrected chi connectivity index (χ4v) is 3.37. The van der Waals surface area contributed by atoms with Gasteiger partial charge in [0.1, 0.15) is 23.2 Å². The zero-order valence-electron chi connectivity index (χ0n) is 17.8. The van der Waals surface area contributed by atoms with Crippen LogP contribution in [0.2, 0.25) is 0 Å². The van der Waals surface area contributed by atoms with Crippen molar-refractivity contribution < 1.29 is 27.5 Å².